The summed E-state index contributed by atoms with van der Waals surface area (Å²) in [6, 6.07) is 0. The van der Waals surface area contributed by atoms with E-state index in [0.29, 0.717) is 13.0 Å². The average Bonchev–Trinajstić information content (AvgIpc) is 2.53. The molecule has 0 atom stereocenters. The van der Waals surface area contributed by atoms with Crippen molar-refractivity contribution in [1.82, 2.24) is 20.4 Å². The Kier molecular flexibility index (Phi) is 11.6. The SMILES string of the molecule is CCNC(=NCC(C)(C)N1CCCCC1)NCCC(=O)N(C)C.I. The second-order valence-corrected chi connectivity index (χ2v) is 7.02. The highest BCUT2D eigenvalue weighted by molar-refractivity contribution is 14.0. The van der Waals surface area contributed by atoms with E-state index < -0.39 is 0 Å². The molecule has 1 aliphatic rings. The standard InChI is InChI=1S/C17H35N5O.HI/c1-6-18-16(19-11-10-15(23)21(4)5)20-14-17(2,3)22-12-8-7-9-13-22;/h6-14H2,1-5H3,(H2,18,19,20);1H. The van der Waals surface area contributed by atoms with Crippen molar-refractivity contribution < 1.29 is 4.79 Å². The first-order valence-corrected chi connectivity index (χ1v) is 8.84. The van der Waals surface area contributed by atoms with Crippen LogP contribution in [0, 0.1) is 0 Å². The predicted molar refractivity (Wildman–Crippen MR) is 112 cm³/mol. The zero-order valence-corrected chi connectivity index (χ0v) is 18.4. The summed E-state index contributed by atoms with van der Waals surface area (Å²) in [5, 5.41) is 6.51. The Labute approximate surface area is 164 Å². The first-order chi connectivity index (χ1) is 10.9. The van der Waals surface area contributed by atoms with E-state index in [2.05, 4.69) is 36.3 Å². The minimum absolute atomic E-state index is 0. The van der Waals surface area contributed by atoms with Crippen molar-refractivity contribution in [3.63, 3.8) is 0 Å². The number of hydrogen-bond acceptors (Lipinski definition) is 3. The maximum absolute atomic E-state index is 11.6. The van der Waals surface area contributed by atoms with Crippen molar-refractivity contribution in [2.75, 3.05) is 46.8 Å². The molecule has 0 bridgehead atoms. The Morgan fingerprint density at radius 3 is 2.33 bits per heavy atom. The topological polar surface area (TPSA) is 60.0 Å². The molecule has 2 N–H and O–H groups in total. The Bertz CT molecular complexity index is 392. The van der Waals surface area contributed by atoms with Gasteiger partial charge in [0, 0.05) is 39.1 Å². The van der Waals surface area contributed by atoms with Crippen LogP contribution in [0.5, 0.6) is 0 Å². The molecule has 0 spiro atoms. The molecule has 1 aliphatic heterocycles. The monoisotopic (exact) mass is 453 g/mol. The van der Waals surface area contributed by atoms with Gasteiger partial charge in [0.25, 0.3) is 0 Å². The number of likely N-dealkylation sites (tertiary alicyclic amines) is 1. The highest BCUT2D eigenvalue weighted by atomic mass is 127. The van der Waals surface area contributed by atoms with Crippen LogP contribution in [-0.2, 0) is 4.79 Å². The maximum Gasteiger partial charge on any atom is 0.223 e. The molecular weight excluding hydrogens is 417 g/mol. The van der Waals surface area contributed by atoms with Gasteiger partial charge in [-0.05, 0) is 46.7 Å². The molecule has 0 aromatic rings. The molecule has 1 amide bonds. The van der Waals surface area contributed by atoms with E-state index in [1.54, 1.807) is 19.0 Å². The number of nitrogens with zero attached hydrogens (tertiary/aromatic N) is 3. The van der Waals surface area contributed by atoms with Gasteiger partial charge in [0.2, 0.25) is 5.91 Å². The van der Waals surface area contributed by atoms with Gasteiger partial charge in [-0.3, -0.25) is 14.7 Å². The molecule has 0 saturated carbocycles. The number of guanidine groups is 1. The normalized spacial score (nSPS) is 16.3. The van der Waals surface area contributed by atoms with Crippen molar-refractivity contribution in [3.8, 4) is 0 Å². The van der Waals surface area contributed by atoms with Crippen molar-refractivity contribution >= 4 is 35.8 Å². The number of rotatable bonds is 7. The molecular formula is C17H36IN5O. The van der Waals surface area contributed by atoms with Crippen molar-refractivity contribution in [1.29, 1.82) is 0 Å². The largest absolute Gasteiger partial charge is 0.357 e. The lowest BCUT2D eigenvalue weighted by atomic mass is 9.99. The van der Waals surface area contributed by atoms with Crippen molar-refractivity contribution in [2.24, 2.45) is 4.99 Å². The average molecular weight is 453 g/mol. The van der Waals surface area contributed by atoms with Crippen LogP contribution in [0.15, 0.2) is 4.99 Å². The number of nitrogens with one attached hydrogen (secondary N) is 2. The number of carbonyl (C=O) groups excluding carboxylic acids is 1. The second kappa shape index (κ2) is 11.9. The number of carbonyl (C=O) groups is 1. The molecule has 24 heavy (non-hydrogen) atoms. The van der Waals surface area contributed by atoms with Crippen molar-refractivity contribution in [2.45, 2.75) is 52.0 Å². The van der Waals surface area contributed by atoms with Crippen LogP contribution in [-0.4, -0.2) is 74.0 Å². The van der Waals surface area contributed by atoms with E-state index in [0.717, 1.165) is 19.0 Å². The van der Waals surface area contributed by atoms with Gasteiger partial charge in [-0.15, -0.1) is 24.0 Å². The van der Waals surface area contributed by atoms with Gasteiger partial charge in [-0.2, -0.15) is 0 Å². The van der Waals surface area contributed by atoms with Crippen LogP contribution in [0.2, 0.25) is 0 Å². The van der Waals surface area contributed by atoms with Crippen LogP contribution >= 0.6 is 24.0 Å². The van der Waals surface area contributed by atoms with Crippen LogP contribution in [0.1, 0.15) is 46.5 Å². The molecule has 0 aromatic heterocycles. The third-order valence-corrected chi connectivity index (χ3v) is 4.31. The molecule has 1 saturated heterocycles. The first-order valence-electron chi connectivity index (χ1n) is 8.84. The highest BCUT2D eigenvalue weighted by Gasteiger charge is 2.27. The molecule has 0 aliphatic carbocycles. The van der Waals surface area contributed by atoms with Gasteiger partial charge in [-0.1, -0.05) is 6.42 Å². The Balaban J connectivity index is 0.00000529. The van der Waals surface area contributed by atoms with Gasteiger partial charge in [0.1, 0.15) is 0 Å². The summed E-state index contributed by atoms with van der Waals surface area (Å²) in [6.07, 6.45) is 4.41. The summed E-state index contributed by atoms with van der Waals surface area (Å²) in [7, 11) is 3.56. The zero-order valence-electron chi connectivity index (χ0n) is 16.0. The van der Waals surface area contributed by atoms with Crippen LogP contribution in [0.3, 0.4) is 0 Å². The minimum Gasteiger partial charge on any atom is -0.357 e. The maximum atomic E-state index is 11.6. The summed E-state index contributed by atoms with van der Waals surface area (Å²) >= 11 is 0. The van der Waals surface area contributed by atoms with Crippen LogP contribution in [0.4, 0.5) is 0 Å². The number of hydrogen-bond donors (Lipinski definition) is 2. The molecule has 6 nitrogen and oxygen atoms in total. The lowest BCUT2D eigenvalue weighted by Crippen LogP contribution is -2.49. The molecule has 0 aromatic carbocycles. The number of halogens is 1. The Hall–Kier alpha value is -0.570. The molecule has 142 valence electrons. The molecule has 0 unspecified atom stereocenters. The van der Waals surface area contributed by atoms with E-state index in [1.807, 2.05) is 0 Å². The summed E-state index contributed by atoms with van der Waals surface area (Å²) in [4.78, 5) is 20.5. The second-order valence-electron chi connectivity index (χ2n) is 7.02. The van der Waals surface area contributed by atoms with E-state index in [9.17, 15) is 4.79 Å². The summed E-state index contributed by atoms with van der Waals surface area (Å²) < 4.78 is 0. The lowest BCUT2D eigenvalue weighted by Gasteiger charge is -2.40. The van der Waals surface area contributed by atoms with E-state index in [-0.39, 0.29) is 35.4 Å². The van der Waals surface area contributed by atoms with Crippen LogP contribution < -0.4 is 10.6 Å². The molecule has 1 heterocycles. The van der Waals surface area contributed by atoms with Gasteiger partial charge in [0.05, 0.1) is 6.54 Å². The summed E-state index contributed by atoms with van der Waals surface area (Å²) in [5.41, 5.74) is 0.0717. The first kappa shape index (κ1) is 23.4. The fourth-order valence-corrected chi connectivity index (χ4v) is 2.72. The summed E-state index contributed by atoms with van der Waals surface area (Å²) in [6.45, 7) is 11.1. The Morgan fingerprint density at radius 1 is 1.17 bits per heavy atom. The zero-order chi connectivity index (χ0) is 17.3. The van der Waals surface area contributed by atoms with Crippen molar-refractivity contribution in [3.05, 3.63) is 0 Å². The highest BCUT2D eigenvalue weighted by Crippen LogP contribution is 2.20. The molecule has 7 heteroatoms. The number of aliphatic imine (C=N–C) groups is 1. The Morgan fingerprint density at radius 2 is 1.79 bits per heavy atom. The summed E-state index contributed by atoms with van der Waals surface area (Å²) in [5.74, 6) is 0.922. The fraction of sp³-hybridized carbons (Fsp3) is 0.882. The lowest BCUT2D eigenvalue weighted by molar-refractivity contribution is -0.128. The fourth-order valence-electron chi connectivity index (χ4n) is 2.72. The van der Waals surface area contributed by atoms with Gasteiger partial charge in [0.15, 0.2) is 5.96 Å². The molecule has 1 rings (SSSR count). The third-order valence-electron chi connectivity index (χ3n) is 4.31. The third kappa shape index (κ3) is 8.50. The quantitative estimate of drug-likeness (QED) is 0.351. The van der Waals surface area contributed by atoms with Gasteiger partial charge < -0.3 is 15.5 Å². The minimum atomic E-state index is 0. The number of amides is 1. The molecule has 0 radical (unpaired) electrons. The smallest absolute Gasteiger partial charge is 0.223 e. The van der Waals surface area contributed by atoms with Gasteiger partial charge in [-0.25, -0.2) is 0 Å². The number of piperidine rings is 1. The van der Waals surface area contributed by atoms with E-state index >= 15 is 0 Å². The van der Waals surface area contributed by atoms with Crippen LogP contribution in [0.25, 0.3) is 0 Å². The van der Waals surface area contributed by atoms with E-state index in [1.165, 1.54) is 32.4 Å². The van der Waals surface area contributed by atoms with Gasteiger partial charge >= 0.3 is 0 Å². The van der Waals surface area contributed by atoms with E-state index in [4.69, 9.17) is 4.99 Å². The predicted octanol–water partition coefficient (Wildman–Crippen LogP) is 1.90. The molecule has 1 fully saturated rings.